The van der Waals surface area contributed by atoms with Crippen LogP contribution in [0, 0.1) is 6.92 Å². The van der Waals surface area contributed by atoms with E-state index in [2.05, 4.69) is 15.0 Å². The average molecular weight is 434 g/mol. The first-order valence-corrected chi connectivity index (χ1v) is 10.3. The van der Waals surface area contributed by atoms with Crippen LogP contribution in [0.15, 0.2) is 60.1 Å². The molecule has 156 valence electrons. The van der Waals surface area contributed by atoms with E-state index in [0.29, 0.717) is 16.8 Å². The highest BCUT2D eigenvalue weighted by molar-refractivity contribution is 7.90. The molecule has 3 heterocycles. The molecule has 1 N–H and O–H groups in total. The van der Waals surface area contributed by atoms with Crippen molar-refractivity contribution in [3.63, 3.8) is 0 Å². The van der Waals surface area contributed by atoms with Gasteiger partial charge in [0.05, 0.1) is 16.7 Å². The summed E-state index contributed by atoms with van der Waals surface area (Å²) in [6.45, 7) is 0.195. The fourth-order valence-corrected chi connectivity index (χ4v) is 4.06. The molecule has 0 fully saturated rings. The highest BCUT2D eigenvalue weighted by atomic mass is 32.2. The zero-order valence-corrected chi connectivity index (χ0v) is 16.6. The van der Waals surface area contributed by atoms with Crippen molar-refractivity contribution in [2.45, 2.75) is 24.0 Å². The number of hydrogen-bond acceptors (Lipinski definition) is 4. The summed E-state index contributed by atoms with van der Waals surface area (Å²) in [5.74, 6) is 0.0644. The van der Waals surface area contributed by atoms with Crippen LogP contribution in [0.3, 0.4) is 0 Å². The van der Waals surface area contributed by atoms with Crippen molar-refractivity contribution in [2.75, 3.05) is 6.61 Å². The number of aromatic nitrogens is 4. The second-order valence-corrected chi connectivity index (χ2v) is 7.97. The van der Waals surface area contributed by atoms with Gasteiger partial charge in [-0.2, -0.15) is 18.2 Å². The Morgan fingerprint density at radius 1 is 1.20 bits per heavy atom. The normalized spacial score (nSPS) is 13.0. The Labute approximate surface area is 172 Å². The fourth-order valence-electron chi connectivity index (χ4n) is 2.96. The van der Waals surface area contributed by atoms with E-state index < -0.39 is 24.0 Å². The monoisotopic (exact) mass is 434 g/mol. The van der Waals surface area contributed by atoms with E-state index in [4.69, 9.17) is 4.74 Å². The van der Waals surface area contributed by atoms with Crippen molar-refractivity contribution < 1.29 is 22.5 Å². The second kappa shape index (κ2) is 8.04. The van der Waals surface area contributed by atoms with E-state index in [1.54, 1.807) is 6.92 Å². The van der Waals surface area contributed by atoms with Crippen LogP contribution in [-0.4, -0.2) is 36.9 Å². The summed E-state index contributed by atoms with van der Waals surface area (Å²) < 4.78 is 56.9. The number of ether oxygens (including phenoxy) is 1. The molecule has 0 saturated heterocycles. The van der Waals surface area contributed by atoms with Crippen molar-refractivity contribution in [3.8, 4) is 11.4 Å². The smallest absolute Gasteiger partial charge is 0.422 e. The highest BCUT2D eigenvalue weighted by Gasteiger charge is 2.29. The minimum Gasteiger partial charge on any atom is -0.609 e. The van der Waals surface area contributed by atoms with Gasteiger partial charge in [-0.05, 0) is 43.3 Å². The van der Waals surface area contributed by atoms with Gasteiger partial charge in [0.15, 0.2) is 12.4 Å². The maximum Gasteiger partial charge on any atom is 0.422 e. The molecule has 10 heteroatoms. The van der Waals surface area contributed by atoms with Gasteiger partial charge >= 0.3 is 11.3 Å². The van der Waals surface area contributed by atoms with Gasteiger partial charge in [-0.25, -0.2) is 0 Å². The summed E-state index contributed by atoms with van der Waals surface area (Å²) in [5.41, 5.74) is 3.13. The Kier molecular flexibility index (Phi) is 5.44. The largest absolute Gasteiger partial charge is 0.609 e. The lowest BCUT2D eigenvalue weighted by Crippen LogP contribution is -2.20. The first-order valence-electron chi connectivity index (χ1n) is 8.96. The molecule has 30 heavy (non-hydrogen) atoms. The number of halogens is 3. The zero-order chi connectivity index (χ0) is 21.3. The Hall–Kier alpha value is -2.98. The quantitative estimate of drug-likeness (QED) is 0.459. The van der Waals surface area contributed by atoms with Gasteiger partial charge in [-0.1, -0.05) is 0 Å². The molecule has 0 aliphatic carbocycles. The summed E-state index contributed by atoms with van der Waals surface area (Å²) in [4.78, 5) is 11.6. The third kappa shape index (κ3) is 4.44. The van der Waals surface area contributed by atoms with Crippen LogP contribution in [0.25, 0.3) is 16.7 Å². The van der Waals surface area contributed by atoms with E-state index >= 15 is 0 Å². The fraction of sp³-hybridized carbons (Fsp3) is 0.200. The van der Waals surface area contributed by atoms with Crippen LogP contribution in [-0.2, 0) is 16.9 Å². The number of fused-ring (bicyclic) bond motifs is 1. The van der Waals surface area contributed by atoms with Crippen LogP contribution in [0.5, 0.6) is 5.75 Å². The first-order chi connectivity index (χ1) is 14.3. The zero-order valence-electron chi connectivity index (χ0n) is 15.8. The Morgan fingerprint density at radius 2 is 1.97 bits per heavy atom. The van der Waals surface area contributed by atoms with Crippen LogP contribution >= 0.6 is 0 Å². The SMILES string of the molecule is Cc1c(OCC(F)(F)F)ccnc1C[S@@+]([O-])c1nc2cc(-n3cccc3)ccc2[nH]1. The van der Waals surface area contributed by atoms with E-state index in [1.165, 1.54) is 12.3 Å². The van der Waals surface area contributed by atoms with Gasteiger partial charge in [0.1, 0.15) is 5.75 Å². The number of alkyl halides is 3. The molecule has 0 saturated carbocycles. The Balaban J connectivity index is 1.54. The van der Waals surface area contributed by atoms with Crippen LogP contribution in [0.4, 0.5) is 13.2 Å². The van der Waals surface area contributed by atoms with Crippen molar-refractivity contribution >= 4 is 22.2 Å². The molecule has 0 amide bonds. The molecule has 0 bridgehead atoms. The van der Waals surface area contributed by atoms with Gasteiger partial charge < -0.3 is 13.9 Å². The van der Waals surface area contributed by atoms with E-state index in [0.717, 1.165) is 11.2 Å². The van der Waals surface area contributed by atoms with Crippen LogP contribution < -0.4 is 4.74 Å². The van der Waals surface area contributed by atoms with E-state index in [9.17, 15) is 17.7 Å². The lowest BCUT2D eigenvalue weighted by atomic mass is 10.2. The Bertz CT molecular complexity index is 1160. The molecule has 6 nitrogen and oxygen atoms in total. The molecule has 0 aliphatic rings. The number of H-pyrrole nitrogens is 1. The minimum atomic E-state index is -4.44. The molecule has 3 aromatic heterocycles. The summed E-state index contributed by atoms with van der Waals surface area (Å²) in [6.07, 6.45) is 0.726. The number of imidazole rings is 1. The number of aromatic amines is 1. The molecule has 1 aromatic carbocycles. The molecule has 0 unspecified atom stereocenters. The van der Waals surface area contributed by atoms with E-state index in [-0.39, 0.29) is 16.7 Å². The summed E-state index contributed by atoms with van der Waals surface area (Å²) in [5, 5.41) is 0.275. The average Bonchev–Trinajstić information content (AvgIpc) is 3.37. The second-order valence-electron chi connectivity index (χ2n) is 6.61. The number of rotatable bonds is 6. The molecule has 4 rings (SSSR count). The van der Waals surface area contributed by atoms with Gasteiger partial charge in [-0.15, -0.1) is 0 Å². The molecule has 0 aliphatic heterocycles. The lowest BCUT2D eigenvalue weighted by molar-refractivity contribution is -0.153. The third-order valence-electron chi connectivity index (χ3n) is 4.48. The maximum atomic E-state index is 12.8. The summed E-state index contributed by atoms with van der Waals surface area (Å²) >= 11 is -1.56. The van der Waals surface area contributed by atoms with Gasteiger partial charge in [-0.3, -0.25) is 9.97 Å². The predicted octanol–water partition coefficient (Wildman–Crippen LogP) is 4.31. The van der Waals surface area contributed by atoms with Crippen molar-refractivity contribution in [2.24, 2.45) is 0 Å². The van der Waals surface area contributed by atoms with Crippen molar-refractivity contribution in [3.05, 3.63) is 66.2 Å². The van der Waals surface area contributed by atoms with Crippen LogP contribution in [0.1, 0.15) is 11.3 Å². The predicted molar refractivity (Wildman–Crippen MR) is 106 cm³/mol. The first kappa shape index (κ1) is 20.3. The molecule has 0 spiro atoms. The standard InChI is InChI=1S/C20H17F3N4O2S/c1-13-17(24-7-6-18(13)29-12-20(21,22)23)11-30(28)19-25-15-5-4-14(10-16(15)26-19)27-8-2-3-9-27/h2-10H,11-12H2,1H3,(H,25,26)/t30-/m1/s1. The topological polar surface area (TPSA) is 78.8 Å². The van der Waals surface area contributed by atoms with Crippen LogP contribution in [0.2, 0.25) is 0 Å². The molecular weight excluding hydrogens is 417 g/mol. The number of nitrogens with one attached hydrogen (secondary N) is 1. The maximum absolute atomic E-state index is 12.8. The number of nitrogens with zero attached hydrogens (tertiary/aromatic N) is 3. The van der Waals surface area contributed by atoms with E-state index in [1.807, 2.05) is 47.3 Å². The van der Waals surface area contributed by atoms with Gasteiger partial charge in [0.2, 0.25) is 0 Å². The van der Waals surface area contributed by atoms with Crippen molar-refractivity contribution in [1.29, 1.82) is 0 Å². The molecule has 0 radical (unpaired) electrons. The minimum absolute atomic E-state index is 0.000664. The summed E-state index contributed by atoms with van der Waals surface area (Å²) in [7, 11) is 0. The molecule has 4 aromatic rings. The number of pyridine rings is 1. The Morgan fingerprint density at radius 3 is 2.70 bits per heavy atom. The highest BCUT2D eigenvalue weighted by Crippen LogP contribution is 2.26. The summed E-state index contributed by atoms with van der Waals surface area (Å²) in [6, 6.07) is 10.8. The number of benzene rings is 1. The van der Waals surface area contributed by atoms with Crippen molar-refractivity contribution in [1.82, 2.24) is 19.5 Å². The number of hydrogen-bond donors (Lipinski definition) is 1. The van der Waals surface area contributed by atoms with Gasteiger partial charge in [0, 0.05) is 41.0 Å². The lowest BCUT2D eigenvalue weighted by Gasteiger charge is -2.14. The third-order valence-corrected chi connectivity index (χ3v) is 5.64. The molecule has 1 atom stereocenters. The molecular formula is C20H17F3N4O2S. The van der Waals surface area contributed by atoms with Gasteiger partial charge in [0.25, 0.3) is 0 Å².